The molecule has 1 atom stereocenters. The molecule has 1 N–H and O–H groups in total. The number of hydrogen-bond acceptors (Lipinski definition) is 6. The molecule has 1 aliphatic rings. The molecule has 3 aromatic rings. The number of ether oxygens (including phenoxy) is 2. The van der Waals surface area contributed by atoms with E-state index in [9.17, 15) is 18.3 Å². The quantitative estimate of drug-likeness (QED) is 0.694. The van der Waals surface area contributed by atoms with E-state index >= 15 is 0 Å². The summed E-state index contributed by atoms with van der Waals surface area (Å²) in [5.41, 5.74) is 1.98. The van der Waals surface area contributed by atoms with E-state index in [1.165, 1.54) is 24.3 Å². The van der Waals surface area contributed by atoms with Gasteiger partial charge in [0.05, 0.1) is 6.54 Å². The summed E-state index contributed by atoms with van der Waals surface area (Å²) >= 11 is 0. The lowest BCUT2D eigenvalue weighted by Crippen LogP contribution is -2.30. The van der Waals surface area contributed by atoms with Crippen molar-refractivity contribution in [3.8, 4) is 22.6 Å². The van der Waals surface area contributed by atoms with E-state index < -0.39 is 12.6 Å². The minimum absolute atomic E-state index is 0.293. The monoisotopic (exact) mass is 417 g/mol. The first kappa shape index (κ1) is 20.1. The van der Waals surface area contributed by atoms with Crippen molar-refractivity contribution in [2.75, 3.05) is 13.2 Å². The summed E-state index contributed by atoms with van der Waals surface area (Å²) in [6, 6.07) is 12.6. The van der Waals surface area contributed by atoms with E-state index in [1.54, 1.807) is 41.6 Å². The number of benzene rings is 2. The Labute approximate surface area is 170 Å². The summed E-state index contributed by atoms with van der Waals surface area (Å²) in [6.07, 6.45) is -2.40. The van der Waals surface area contributed by atoms with Crippen LogP contribution in [0.5, 0.6) is 11.5 Å². The fraction of sp³-hybridized carbons (Fsp3) is 0.238. The van der Waals surface area contributed by atoms with Gasteiger partial charge in [0.1, 0.15) is 30.2 Å². The van der Waals surface area contributed by atoms with E-state index in [4.69, 9.17) is 4.74 Å². The SMILES string of the molecule is OC1c2cc(-c3ccc(OC(F)(F)F)cc3)ccc2OCCN1Cc1ncccn1. The summed E-state index contributed by atoms with van der Waals surface area (Å²) in [4.78, 5) is 10.2. The number of halogens is 3. The lowest BCUT2D eigenvalue weighted by molar-refractivity contribution is -0.274. The molecule has 1 aliphatic heterocycles. The summed E-state index contributed by atoms with van der Waals surface area (Å²) in [6.45, 7) is 1.21. The minimum Gasteiger partial charge on any atom is -0.492 e. The van der Waals surface area contributed by atoms with E-state index in [0.29, 0.717) is 42.4 Å². The van der Waals surface area contributed by atoms with Gasteiger partial charge in [0.25, 0.3) is 0 Å². The smallest absolute Gasteiger partial charge is 0.492 e. The maximum absolute atomic E-state index is 12.4. The number of aliphatic hydroxyl groups excluding tert-OH is 1. The van der Waals surface area contributed by atoms with Crippen LogP contribution in [0.1, 0.15) is 17.6 Å². The number of aromatic nitrogens is 2. The van der Waals surface area contributed by atoms with Crippen molar-refractivity contribution < 1.29 is 27.8 Å². The molecule has 1 unspecified atom stereocenters. The highest BCUT2D eigenvalue weighted by atomic mass is 19.4. The lowest BCUT2D eigenvalue weighted by Gasteiger charge is -2.24. The maximum Gasteiger partial charge on any atom is 0.573 e. The van der Waals surface area contributed by atoms with Gasteiger partial charge >= 0.3 is 6.36 Å². The van der Waals surface area contributed by atoms with Crippen LogP contribution in [-0.2, 0) is 6.54 Å². The first-order chi connectivity index (χ1) is 14.4. The van der Waals surface area contributed by atoms with Crippen molar-refractivity contribution in [3.05, 3.63) is 72.3 Å². The maximum atomic E-state index is 12.4. The second kappa shape index (κ2) is 8.29. The second-order valence-corrected chi connectivity index (χ2v) is 6.68. The van der Waals surface area contributed by atoms with E-state index in [1.807, 2.05) is 0 Å². The number of rotatable bonds is 4. The Kier molecular flexibility index (Phi) is 5.56. The molecule has 0 bridgehead atoms. The average molecular weight is 417 g/mol. The van der Waals surface area contributed by atoms with Crippen molar-refractivity contribution in [1.82, 2.24) is 14.9 Å². The van der Waals surface area contributed by atoms with Gasteiger partial charge in [-0.3, -0.25) is 4.90 Å². The number of hydrogen-bond donors (Lipinski definition) is 1. The molecule has 1 aromatic heterocycles. The normalized spacial score (nSPS) is 17.0. The third-order valence-corrected chi connectivity index (χ3v) is 4.65. The van der Waals surface area contributed by atoms with Gasteiger partial charge in [-0.2, -0.15) is 0 Å². The van der Waals surface area contributed by atoms with Crippen LogP contribution in [0.15, 0.2) is 60.9 Å². The highest BCUT2D eigenvalue weighted by Crippen LogP contribution is 2.35. The summed E-state index contributed by atoms with van der Waals surface area (Å²) < 4.78 is 46.7. The number of fused-ring (bicyclic) bond motifs is 1. The molecule has 2 heterocycles. The molecule has 2 aromatic carbocycles. The molecule has 9 heteroatoms. The van der Waals surface area contributed by atoms with Crippen LogP contribution in [0.4, 0.5) is 13.2 Å². The fourth-order valence-corrected chi connectivity index (χ4v) is 3.26. The van der Waals surface area contributed by atoms with Crippen molar-refractivity contribution in [3.63, 3.8) is 0 Å². The molecule has 0 saturated carbocycles. The fourth-order valence-electron chi connectivity index (χ4n) is 3.26. The van der Waals surface area contributed by atoms with Crippen molar-refractivity contribution in [2.45, 2.75) is 19.1 Å². The van der Waals surface area contributed by atoms with Crippen LogP contribution >= 0.6 is 0 Å². The van der Waals surface area contributed by atoms with Crippen LogP contribution in [0, 0.1) is 0 Å². The Bertz CT molecular complexity index is 998. The Morgan fingerprint density at radius 2 is 1.77 bits per heavy atom. The highest BCUT2D eigenvalue weighted by molar-refractivity contribution is 5.66. The lowest BCUT2D eigenvalue weighted by atomic mass is 10.0. The largest absolute Gasteiger partial charge is 0.573 e. The zero-order valence-electron chi connectivity index (χ0n) is 15.7. The molecule has 0 amide bonds. The predicted molar refractivity (Wildman–Crippen MR) is 101 cm³/mol. The topological polar surface area (TPSA) is 67.7 Å². The molecular formula is C21H18F3N3O3. The number of alkyl halides is 3. The molecular weight excluding hydrogens is 399 g/mol. The molecule has 0 radical (unpaired) electrons. The number of nitrogens with zero attached hydrogens (tertiary/aromatic N) is 3. The van der Waals surface area contributed by atoms with Gasteiger partial charge in [0.2, 0.25) is 0 Å². The van der Waals surface area contributed by atoms with Crippen molar-refractivity contribution >= 4 is 0 Å². The van der Waals surface area contributed by atoms with Crippen LogP contribution < -0.4 is 9.47 Å². The summed E-state index contributed by atoms with van der Waals surface area (Å²) in [5, 5.41) is 11.0. The minimum atomic E-state index is -4.74. The molecule has 6 nitrogen and oxygen atoms in total. The van der Waals surface area contributed by atoms with Gasteiger partial charge in [-0.15, -0.1) is 13.2 Å². The molecule has 30 heavy (non-hydrogen) atoms. The highest BCUT2D eigenvalue weighted by Gasteiger charge is 2.31. The Balaban J connectivity index is 1.58. The molecule has 0 spiro atoms. The molecule has 0 fully saturated rings. The van der Waals surface area contributed by atoms with Crippen LogP contribution in [0.25, 0.3) is 11.1 Å². The zero-order chi connectivity index (χ0) is 21.1. The Morgan fingerprint density at radius 1 is 1.07 bits per heavy atom. The van der Waals surface area contributed by atoms with Gasteiger partial charge in [-0.05, 0) is 41.5 Å². The van der Waals surface area contributed by atoms with Gasteiger partial charge < -0.3 is 14.6 Å². The predicted octanol–water partition coefficient (Wildman–Crippen LogP) is 3.93. The van der Waals surface area contributed by atoms with Gasteiger partial charge in [0.15, 0.2) is 0 Å². The Morgan fingerprint density at radius 3 is 2.47 bits per heavy atom. The average Bonchev–Trinajstić information content (AvgIpc) is 2.87. The molecule has 0 aliphatic carbocycles. The Hall–Kier alpha value is -3.17. The van der Waals surface area contributed by atoms with Gasteiger partial charge in [-0.25, -0.2) is 9.97 Å². The number of aliphatic hydroxyl groups is 1. The van der Waals surface area contributed by atoms with Crippen LogP contribution in [0.3, 0.4) is 0 Å². The first-order valence-electron chi connectivity index (χ1n) is 9.20. The summed E-state index contributed by atoms with van der Waals surface area (Å²) in [5.74, 6) is 0.842. The van der Waals surface area contributed by atoms with Gasteiger partial charge in [0, 0.05) is 24.5 Å². The second-order valence-electron chi connectivity index (χ2n) is 6.68. The molecule has 156 valence electrons. The third kappa shape index (κ3) is 4.69. The third-order valence-electron chi connectivity index (χ3n) is 4.65. The van der Waals surface area contributed by atoms with Crippen molar-refractivity contribution in [2.24, 2.45) is 0 Å². The first-order valence-corrected chi connectivity index (χ1v) is 9.20. The van der Waals surface area contributed by atoms with E-state index in [0.717, 1.165) is 5.56 Å². The van der Waals surface area contributed by atoms with Crippen molar-refractivity contribution in [1.29, 1.82) is 0 Å². The summed E-state index contributed by atoms with van der Waals surface area (Å²) in [7, 11) is 0. The van der Waals surface area contributed by atoms with E-state index in [-0.39, 0.29) is 5.75 Å². The molecule has 4 rings (SSSR count). The zero-order valence-corrected chi connectivity index (χ0v) is 15.7. The van der Waals surface area contributed by atoms with Gasteiger partial charge in [-0.1, -0.05) is 18.2 Å². The standard InChI is InChI=1S/C21H18F3N3O3/c22-21(23,24)30-16-5-2-14(3-6-16)15-4-7-18-17(12-15)20(28)27(10-11-29-18)13-19-25-8-1-9-26-19/h1-9,12,20,28H,10-11,13H2. The molecule has 0 saturated heterocycles. The van der Waals surface area contributed by atoms with Crippen LogP contribution in [0.2, 0.25) is 0 Å². The van der Waals surface area contributed by atoms with E-state index in [2.05, 4.69) is 14.7 Å². The van der Waals surface area contributed by atoms with Crippen LogP contribution in [-0.4, -0.2) is 39.5 Å².